The van der Waals surface area contributed by atoms with E-state index in [1.807, 2.05) is 46.0 Å². The smallest absolute Gasteiger partial charge is 0.303 e. The molecule has 8 N–H and O–H groups in total. The number of hydrogen-bond acceptors (Lipinski definition) is 11. The van der Waals surface area contributed by atoms with E-state index in [-0.39, 0.29) is 41.3 Å². The number of nitrogens with zero attached hydrogens (tertiary/aromatic N) is 4. The summed E-state index contributed by atoms with van der Waals surface area (Å²) in [5.74, 6) is 0.417. The molecule has 0 unspecified atom stereocenters. The van der Waals surface area contributed by atoms with Gasteiger partial charge in [-0.05, 0) is 108 Å². The third kappa shape index (κ3) is 24.1. The first kappa shape index (κ1) is 61.9. The number of nitrogens with one attached hydrogen (secondary N) is 3. The Hall–Kier alpha value is -5.91. The second-order valence-corrected chi connectivity index (χ2v) is 21.7. The topological polar surface area (TPSA) is 229 Å². The predicted molar refractivity (Wildman–Crippen MR) is 301 cm³/mol. The van der Waals surface area contributed by atoms with Crippen LogP contribution in [0.4, 0.5) is 4.39 Å². The van der Waals surface area contributed by atoms with Crippen molar-refractivity contribution in [2.75, 3.05) is 59.5 Å². The molecule has 1 heterocycles. The first-order chi connectivity index (χ1) is 37.2. The maximum atomic E-state index is 15.5. The summed E-state index contributed by atoms with van der Waals surface area (Å²) >= 11 is 0. The summed E-state index contributed by atoms with van der Waals surface area (Å²) in [6.45, 7) is 8.95. The quantitative estimate of drug-likeness (QED) is 0.0229. The minimum Gasteiger partial charge on any atom is -0.497 e. The van der Waals surface area contributed by atoms with Crippen molar-refractivity contribution >= 4 is 23.7 Å². The summed E-state index contributed by atoms with van der Waals surface area (Å²) in [6, 6.07) is 18.7. The van der Waals surface area contributed by atoms with Crippen LogP contribution in [0.2, 0.25) is 0 Å². The molecule has 0 bridgehead atoms. The average molecular weight is 1070 g/mol. The van der Waals surface area contributed by atoms with Gasteiger partial charge in [0, 0.05) is 89.9 Å². The zero-order valence-electron chi connectivity index (χ0n) is 46.4. The number of rotatable bonds is 41. The molecule has 17 heteroatoms. The molecule has 0 saturated heterocycles. The molecular formula is C60H90FN9O7. The molecule has 4 aromatic rings. The van der Waals surface area contributed by atoms with E-state index in [0.717, 1.165) is 79.3 Å². The standard InChI is InChI=1S/C60H90FN9O7/c1-60(2,41-48-37-45(21-25-52(48)54-39-50(76-3)24-26-55(54)61)43-77-51-19-16-17-47(38-51)53(40-59(74)75)46-22-23-46)44-70-42-49(67-68-70)18-14-12-10-8-6-4-5-7-9-11-13-15-20-56(71)66-33-36-69(34-27-57(72)64-31-29-62)35-28-58(73)65-32-30-63/h16-17,19,21,24-26,37-39,42,46,53H,4-15,18,20,22-23,27-36,40-41,43-44,62-63H2,1-3H3,(H,64,72)(H,65,73)(H,66,71)(H,74,75)/t53-/m0/s1. The van der Waals surface area contributed by atoms with Crippen molar-refractivity contribution in [3.8, 4) is 22.6 Å². The van der Waals surface area contributed by atoms with Gasteiger partial charge < -0.3 is 46.9 Å². The van der Waals surface area contributed by atoms with Crippen LogP contribution < -0.4 is 36.9 Å². The number of ether oxygens (including phenoxy) is 2. The lowest BCUT2D eigenvalue weighted by atomic mass is 9.82. The molecule has 1 fully saturated rings. The molecule has 5 rings (SSSR count). The number of carbonyl (C=O) groups is 4. The summed E-state index contributed by atoms with van der Waals surface area (Å²) in [7, 11) is 1.58. The van der Waals surface area contributed by atoms with Crippen molar-refractivity contribution < 1.29 is 38.1 Å². The van der Waals surface area contributed by atoms with Crippen LogP contribution in [-0.4, -0.2) is 108 Å². The highest BCUT2D eigenvalue weighted by molar-refractivity contribution is 5.77. The number of methoxy groups -OCH3 is 1. The van der Waals surface area contributed by atoms with Gasteiger partial charge in [0.25, 0.3) is 0 Å². The number of carboxylic acids is 1. The molecule has 1 atom stereocenters. The number of unbranched alkanes of at least 4 members (excludes halogenated alkanes) is 11. The molecular weight excluding hydrogens is 978 g/mol. The van der Waals surface area contributed by atoms with Gasteiger partial charge in [-0.2, -0.15) is 0 Å². The number of carbonyl (C=O) groups excluding carboxylic acids is 3. The van der Waals surface area contributed by atoms with Crippen LogP contribution in [0, 0.1) is 17.2 Å². The Kier molecular flexibility index (Phi) is 27.4. The number of nitrogens with two attached hydrogens (primary N) is 2. The maximum absolute atomic E-state index is 15.5. The summed E-state index contributed by atoms with van der Waals surface area (Å²) in [5, 5.41) is 27.1. The zero-order chi connectivity index (χ0) is 55.3. The fourth-order valence-electron chi connectivity index (χ4n) is 10.0. The van der Waals surface area contributed by atoms with E-state index < -0.39 is 5.97 Å². The third-order valence-electron chi connectivity index (χ3n) is 14.3. The second kappa shape index (κ2) is 34.1. The maximum Gasteiger partial charge on any atom is 0.303 e. The van der Waals surface area contributed by atoms with E-state index in [1.165, 1.54) is 51.0 Å². The van der Waals surface area contributed by atoms with Crippen LogP contribution in [0.5, 0.6) is 11.5 Å². The number of hydrogen-bond donors (Lipinski definition) is 6. The number of aromatic nitrogens is 3. The fraction of sp³-hybridized carbons (Fsp3) is 0.600. The Labute approximate surface area is 457 Å². The van der Waals surface area contributed by atoms with Crippen molar-refractivity contribution in [3.63, 3.8) is 0 Å². The molecule has 77 heavy (non-hydrogen) atoms. The molecule has 1 aliphatic rings. The van der Waals surface area contributed by atoms with Crippen LogP contribution in [-0.2, 0) is 45.2 Å². The van der Waals surface area contributed by atoms with E-state index in [0.29, 0.717) is 114 Å². The molecule has 1 aliphatic carbocycles. The highest BCUT2D eigenvalue weighted by atomic mass is 19.1. The molecule has 1 aromatic heterocycles. The van der Waals surface area contributed by atoms with Crippen LogP contribution in [0.15, 0.2) is 66.9 Å². The third-order valence-corrected chi connectivity index (χ3v) is 14.3. The minimum atomic E-state index is -0.787. The predicted octanol–water partition coefficient (Wildman–Crippen LogP) is 8.87. The van der Waals surface area contributed by atoms with Gasteiger partial charge in [-0.15, -0.1) is 5.10 Å². The monoisotopic (exact) mass is 1070 g/mol. The van der Waals surface area contributed by atoms with Gasteiger partial charge in [-0.1, -0.05) is 114 Å². The number of amides is 3. The Morgan fingerprint density at radius 2 is 1.38 bits per heavy atom. The SMILES string of the molecule is COc1ccc(F)c(-c2ccc(COc3cccc([C@@H](CC(=O)O)C4CC4)c3)cc2CC(C)(C)Cn2cc(CCCCCCCCCCCCCCC(=O)NCCN(CCC(=O)NCCN)CCC(=O)NCCN)nn2)c1. The van der Waals surface area contributed by atoms with Gasteiger partial charge in [0.1, 0.15) is 23.9 Å². The normalized spacial score (nSPS) is 12.9. The van der Waals surface area contributed by atoms with Crippen molar-refractivity contribution in [1.29, 1.82) is 0 Å². The van der Waals surface area contributed by atoms with E-state index in [4.69, 9.17) is 20.9 Å². The van der Waals surface area contributed by atoms with Crippen molar-refractivity contribution in [2.45, 2.75) is 161 Å². The molecule has 0 aliphatic heterocycles. The Morgan fingerprint density at radius 1 is 0.753 bits per heavy atom. The van der Waals surface area contributed by atoms with Crippen molar-refractivity contribution in [1.82, 2.24) is 35.8 Å². The fourth-order valence-corrected chi connectivity index (χ4v) is 10.0. The molecule has 1 saturated carbocycles. The molecule has 3 aromatic carbocycles. The summed E-state index contributed by atoms with van der Waals surface area (Å²) < 4.78 is 29.3. The number of halogens is 1. The van der Waals surface area contributed by atoms with Gasteiger partial charge in [-0.3, -0.25) is 23.9 Å². The second-order valence-electron chi connectivity index (χ2n) is 21.7. The van der Waals surface area contributed by atoms with Crippen LogP contribution in [0.3, 0.4) is 0 Å². The van der Waals surface area contributed by atoms with Crippen molar-refractivity contribution in [2.24, 2.45) is 22.8 Å². The van der Waals surface area contributed by atoms with E-state index in [9.17, 15) is 24.3 Å². The number of carboxylic acid groups (broad SMARTS) is 1. The first-order valence-corrected chi connectivity index (χ1v) is 28.5. The summed E-state index contributed by atoms with van der Waals surface area (Å²) in [5.41, 5.74) is 15.9. The Balaban J connectivity index is 0.957. The van der Waals surface area contributed by atoms with Gasteiger partial charge in [0.15, 0.2) is 0 Å². The lowest BCUT2D eigenvalue weighted by Crippen LogP contribution is -2.40. The van der Waals surface area contributed by atoms with Crippen LogP contribution in [0.1, 0.15) is 158 Å². The number of benzene rings is 3. The molecule has 0 radical (unpaired) electrons. The summed E-state index contributed by atoms with van der Waals surface area (Å²) in [4.78, 5) is 50.4. The van der Waals surface area contributed by atoms with Crippen molar-refractivity contribution in [3.05, 3.63) is 95.1 Å². The largest absolute Gasteiger partial charge is 0.497 e. The molecule has 0 spiro atoms. The number of aryl methyl sites for hydroxylation is 1. The van der Waals surface area contributed by atoms with Gasteiger partial charge >= 0.3 is 5.97 Å². The lowest BCUT2D eigenvalue weighted by Gasteiger charge is -2.26. The van der Waals surface area contributed by atoms with E-state index in [1.54, 1.807) is 19.2 Å². The van der Waals surface area contributed by atoms with Crippen LogP contribution >= 0.6 is 0 Å². The van der Waals surface area contributed by atoms with E-state index in [2.05, 4.69) is 52.4 Å². The highest BCUT2D eigenvalue weighted by Gasteiger charge is 2.34. The minimum absolute atomic E-state index is 0.0197. The van der Waals surface area contributed by atoms with Crippen LogP contribution in [0.25, 0.3) is 11.1 Å². The Morgan fingerprint density at radius 3 is 2.00 bits per heavy atom. The molecule has 16 nitrogen and oxygen atoms in total. The summed E-state index contributed by atoms with van der Waals surface area (Å²) in [6.07, 6.45) is 20.8. The number of aliphatic carboxylic acids is 1. The van der Waals surface area contributed by atoms with Gasteiger partial charge in [0.2, 0.25) is 17.7 Å². The zero-order valence-corrected chi connectivity index (χ0v) is 46.4. The van der Waals surface area contributed by atoms with Gasteiger partial charge in [-0.25, -0.2) is 4.39 Å². The molecule has 3 amide bonds. The lowest BCUT2D eigenvalue weighted by molar-refractivity contribution is -0.137. The molecule has 424 valence electrons. The average Bonchev–Trinajstić information content (AvgIpc) is 4.17. The highest BCUT2D eigenvalue weighted by Crippen LogP contribution is 2.45. The Bertz CT molecular complexity index is 2390. The van der Waals surface area contributed by atoms with Gasteiger partial charge in [0.05, 0.1) is 19.2 Å². The first-order valence-electron chi connectivity index (χ1n) is 28.5. The van der Waals surface area contributed by atoms with E-state index >= 15 is 4.39 Å².